The lowest BCUT2D eigenvalue weighted by Crippen LogP contribution is -2.17. The van der Waals surface area contributed by atoms with Crippen LogP contribution in [0.2, 0.25) is 5.02 Å². The van der Waals surface area contributed by atoms with Crippen LogP contribution in [0.15, 0.2) is 122 Å². The molecular weight excluding hydrogens is 713 g/mol. The molecule has 53 heavy (non-hydrogen) atoms. The van der Waals surface area contributed by atoms with Crippen LogP contribution in [0.25, 0.3) is 22.3 Å². The van der Waals surface area contributed by atoms with Crippen molar-refractivity contribution in [1.82, 2.24) is 9.97 Å². The number of ether oxygens (including phenoxy) is 2. The van der Waals surface area contributed by atoms with Gasteiger partial charge in [0.15, 0.2) is 0 Å². The molecule has 0 unspecified atom stereocenters. The molecule has 6 rings (SSSR count). The van der Waals surface area contributed by atoms with Gasteiger partial charge < -0.3 is 30.3 Å². The Balaban J connectivity index is 0.000000206. The van der Waals surface area contributed by atoms with Crippen LogP contribution in [0.4, 0.5) is 36.2 Å². The van der Waals surface area contributed by atoms with E-state index in [0.717, 1.165) is 22.4 Å². The molecule has 0 bridgehead atoms. The van der Waals surface area contributed by atoms with Crippen LogP contribution < -0.4 is 20.1 Å². The molecule has 0 aliphatic heterocycles. The zero-order chi connectivity index (χ0) is 38.1. The first-order valence-corrected chi connectivity index (χ1v) is 16.0. The van der Waals surface area contributed by atoms with Crippen LogP contribution in [-0.2, 0) is 0 Å². The van der Waals surface area contributed by atoms with E-state index in [9.17, 15) is 33.0 Å². The lowest BCUT2D eigenvalue weighted by molar-refractivity contribution is -0.274. The Morgan fingerprint density at radius 3 is 1.66 bits per heavy atom. The fourth-order valence-corrected chi connectivity index (χ4v) is 5.29. The predicted octanol–water partition coefficient (Wildman–Crippen LogP) is 10.2. The van der Waals surface area contributed by atoms with Gasteiger partial charge in [0.2, 0.25) is 0 Å². The van der Waals surface area contributed by atoms with E-state index in [1.165, 1.54) is 48.8 Å². The van der Waals surface area contributed by atoms with Crippen molar-refractivity contribution in [3.05, 3.63) is 143 Å². The van der Waals surface area contributed by atoms with Crippen molar-refractivity contribution >= 4 is 46.6 Å². The Hall–Kier alpha value is -6.60. The molecule has 0 atom stereocenters. The minimum Gasteiger partial charge on any atom is -0.497 e. The lowest BCUT2D eigenvalue weighted by Gasteiger charge is -2.13. The van der Waals surface area contributed by atoms with Gasteiger partial charge in [0.25, 0.3) is 0 Å². The number of carbonyl (C=O) groups is 2. The maximum Gasteiger partial charge on any atom is 0.573 e. The highest BCUT2D eigenvalue weighted by Crippen LogP contribution is 2.33. The van der Waals surface area contributed by atoms with Crippen molar-refractivity contribution in [3.63, 3.8) is 0 Å². The molecule has 6 aromatic rings. The number of nitrogens with one attached hydrogen (secondary N) is 2. The van der Waals surface area contributed by atoms with E-state index in [-0.39, 0.29) is 28.5 Å². The molecule has 10 nitrogen and oxygen atoms in total. The highest BCUT2D eigenvalue weighted by Gasteiger charge is 2.31. The first kappa shape index (κ1) is 37.7. The molecule has 2 heterocycles. The number of aryl methyl sites for hydroxylation is 1. The Labute approximate surface area is 306 Å². The number of nitrogens with zero attached hydrogens (tertiary/aromatic N) is 2. The number of pyridine rings is 2. The monoisotopic (exact) mass is 742 g/mol. The summed E-state index contributed by atoms with van der Waals surface area (Å²) in [6.07, 6.45) is -1.76. The van der Waals surface area contributed by atoms with Gasteiger partial charge in [-0.15, -0.1) is 13.2 Å². The van der Waals surface area contributed by atoms with Gasteiger partial charge >= 0.3 is 18.3 Å². The minimum atomic E-state index is -4.76. The molecule has 0 spiro atoms. The number of aromatic nitrogens is 2. The average molecular weight is 743 g/mol. The third kappa shape index (κ3) is 10.0. The number of aromatic carboxylic acids is 2. The largest absolute Gasteiger partial charge is 0.573 e. The summed E-state index contributed by atoms with van der Waals surface area (Å²) in [7, 11) is 1.62. The number of rotatable bonds is 10. The molecule has 4 N–H and O–H groups in total. The van der Waals surface area contributed by atoms with Gasteiger partial charge in [-0.05, 0) is 108 Å². The molecule has 4 aromatic carbocycles. The number of hydrogen-bond acceptors (Lipinski definition) is 8. The quantitative estimate of drug-likeness (QED) is 0.107. The van der Waals surface area contributed by atoms with Crippen molar-refractivity contribution in [2.24, 2.45) is 0 Å². The molecule has 0 aliphatic carbocycles. The van der Waals surface area contributed by atoms with Gasteiger partial charge in [0, 0.05) is 18.1 Å². The molecular formula is C39H30ClF3N4O6. The van der Waals surface area contributed by atoms with Crippen LogP contribution in [-0.4, -0.2) is 45.6 Å². The number of methoxy groups -OCH3 is 1. The number of halogens is 4. The second-order valence-electron chi connectivity index (χ2n) is 11.2. The number of hydrogen-bond donors (Lipinski definition) is 4. The van der Waals surface area contributed by atoms with E-state index in [1.54, 1.807) is 50.4 Å². The lowest BCUT2D eigenvalue weighted by atomic mass is 10.0. The highest BCUT2D eigenvalue weighted by atomic mass is 35.5. The molecule has 0 amide bonds. The van der Waals surface area contributed by atoms with Gasteiger partial charge in [-0.3, -0.25) is 0 Å². The van der Waals surface area contributed by atoms with E-state index >= 15 is 0 Å². The molecule has 0 saturated heterocycles. The summed E-state index contributed by atoms with van der Waals surface area (Å²) in [5.41, 5.74) is 5.23. The number of carboxylic acid groups (broad SMARTS) is 2. The topological polar surface area (TPSA) is 143 Å². The third-order valence-electron chi connectivity index (χ3n) is 7.58. The highest BCUT2D eigenvalue weighted by molar-refractivity contribution is 6.33. The van der Waals surface area contributed by atoms with Crippen molar-refractivity contribution in [1.29, 1.82) is 0 Å². The van der Waals surface area contributed by atoms with E-state index in [2.05, 4.69) is 25.3 Å². The first-order valence-electron chi connectivity index (χ1n) is 15.6. The van der Waals surface area contributed by atoms with Crippen LogP contribution in [0, 0.1) is 6.92 Å². The van der Waals surface area contributed by atoms with Gasteiger partial charge in [-0.25, -0.2) is 19.6 Å². The molecule has 0 saturated carbocycles. The number of carboxylic acids is 2. The van der Waals surface area contributed by atoms with Crippen LogP contribution in [0.5, 0.6) is 11.5 Å². The number of alkyl halides is 3. The Bertz CT molecular complexity index is 2270. The Morgan fingerprint density at radius 1 is 0.660 bits per heavy atom. The first-order chi connectivity index (χ1) is 25.3. The molecule has 14 heteroatoms. The summed E-state index contributed by atoms with van der Waals surface area (Å²) in [6.45, 7) is 1.80. The summed E-state index contributed by atoms with van der Waals surface area (Å²) in [5, 5.41) is 24.9. The SMILES string of the molecule is COc1cccc(-c2ccc(Nc3ncccc3C(=O)O)c(Cl)c2)c1.Cc1cc(-c2cccc(OC(F)(F)F)c2)ccc1Nc1ncccc1C(=O)O. The second-order valence-corrected chi connectivity index (χ2v) is 11.6. The molecule has 0 radical (unpaired) electrons. The normalized spacial score (nSPS) is 10.8. The van der Waals surface area contributed by atoms with Crippen molar-refractivity contribution < 1.29 is 42.4 Å². The average Bonchev–Trinajstić information content (AvgIpc) is 3.13. The summed E-state index contributed by atoms with van der Waals surface area (Å²) in [5.74, 6) is -1.26. The third-order valence-corrected chi connectivity index (χ3v) is 7.89. The fraction of sp³-hybridized carbons (Fsp3) is 0.0769. The fourth-order valence-electron chi connectivity index (χ4n) is 5.07. The minimum absolute atomic E-state index is 0.0305. The van der Waals surface area contributed by atoms with E-state index in [4.69, 9.17) is 16.3 Å². The molecule has 0 fully saturated rings. The summed E-state index contributed by atoms with van der Waals surface area (Å²) >= 11 is 6.37. The summed E-state index contributed by atoms with van der Waals surface area (Å²) in [6, 6.07) is 30.0. The van der Waals surface area contributed by atoms with Gasteiger partial charge in [0.05, 0.1) is 17.8 Å². The van der Waals surface area contributed by atoms with Crippen molar-refractivity contribution in [2.45, 2.75) is 13.3 Å². The maximum atomic E-state index is 12.4. The van der Waals surface area contributed by atoms with Crippen molar-refractivity contribution in [3.8, 4) is 33.8 Å². The van der Waals surface area contributed by atoms with Crippen LogP contribution >= 0.6 is 11.6 Å². The Kier molecular flexibility index (Phi) is 11.8. The van der Waals surface area contributed by atoms with E-state index in [0.29, 0.717) is 27.5 Å². The number of anilines is 4. The smallest absolute Gasteiger partial charge is 0.497 e. The molecule has 270 valence electrons. The van der Waals surface area contributed by atoms with Gasteiger partial charge in [0.1, 0.15) is 34.3 Å². The summed E-state index contributed by atoms with van der Waals surface area (Å²) < 4.78 is 46.4. The maximum absolute atomic E-state index is 12.4. The molecule has 0 aliphatic rings. The van der Waals surface area contributed by atoms with Crippen LogP contribution in [0.1, 0.15) is 26.3 Å². The number of benzene rings is 4. The van der Waals surface area contributed by atoms with Crippen LogP contribution in [0.3, 0.4) is 0 Å². The molecule has 2 aromatic heterocycles. The predicted molar refractivity (Wildman–Crippen MR) is 196 cm³/mol. The summed E-state index contributed by atoms with van der Waals surface area (Å²) in [4.78, 5) is 30.7. The zero-order valence-electron chi connectivity index (χ0n) is 28.0. The van der Waals surface area contributed by atoms with Crippen molar-refractivity contribution in [2.75, 3.05) is 17.7 Å². The zero-order valence-corrected chi connectivity index (χ0v) is 28.7. The van der Waals surface area contributed by atoms with Gasteiger partial charge in [-0.2, -0.15) is 0 Å². The Morgan fingerprint density at radius 2 is 1.15 bits per heavy atom. The second kappa shape index (κ2) is 16.6. The van der Waals surface area contributed by atoms with E-state index in [1.807, 2.05) is 36.4 Å². The van der Waals surface area contributed by atoms with Gasteiger partial charge in [-0.1, -0.05) is 48.0 Å². The van der Waals surface area contributed by atoms with E-state index < -0.39 is 18.3 Å². The standard InChI is InChI=1S/C20H15F3N2O3.C19H15ClN2O3/c1-12-10-14(13-4-2-5-15(11-13)28-20(21,22)23)7-8-17(12)25-18-16(19(26)27)6-3-9-24-18;1-25-14-5-2-4-12(10-14)13-7-8-17(16(20)11-13)22-18-15(19(23)24)6-3-9-21-18/h2-11H,1H3,(H,24,25)(H,26,27);2-11H,1H3,(H,21,22)(H,23,24).